The summed E-state index contributed by atoms with van der Waals surface area (Å²) in [6.07, 6.45) is 0.352. The average Bonchev–Trinajstić information content (AvgIpc) is 2.50. The van der Waals surface area contributed by atoms with Gasteiger partial charge >= 0.3 is 5.97 Å². The zero-order valence-electron chi connectivity index (χ0n) is 11.5. The second-order valence-corrected chi connectivity index (χ2v) is 5.23. The second-order valence-electron chi connectivity index (χ2n) is 4.39. The fraction of sp³-hybridized carbons (Fsp3) is 0.133. The summed E-state index contributed by atoms with van der Waals surface area (Å²) in [5.41, 5.74) is 0.366. The number of esters is 1. The maximum absolute atomic E-state index is 12.0. The Morgan fingerprint density at radius 2 is 1.91 bits per heavy atom. The number of halogens is 2. The molecule has 0 aliphatic heterocycles. The van der Waals surface area contributed by atoms with Gasteiger partial charge in [-0.05, 0) is 25.1 Å². The molecule has 0 saturated carbocycles. The van der Waals surface area contributed by atoms with Crippen molar-refractivity contribution in [2.24, 2.45) is 0 Å². The lowest BCUT2D eigenvalue weighted by atomic mass is 10.2. The first-order chi connectivity index (χ1) is 10.5. The van der Waals surface area contributed by atoms with E-state index in [1.165, 1.54) is 19.2 Å². The summed E-state index contributed by atoms with van der Waals surface area (Å²) < 4.78 is 5.09. The van der Waals surface area contributed by atoms with Crippen molar-refractivity contribution in [3.8, 4) is 0 Å². The van der Waals surface area contributed by atoms with Crippen molar-refractivity contribution in [1.29, 1.82) is 0 Å². The molecule has 1 amide bonds. The molecular formula is C15H12Cl2N2O3. The number of carbonyl (C=O) groups excluding carboxylic acids is 2. The van der Waals surface area contributed by atoms with Crippen molar-refractivity contribution in [1.82, 2.24) is 4.98 Å². The van der Waals surface area contributed by atoms with E-state index in [4.69, 9.17) is 27.9 Å². The standard InChI is InChI=1S/C15H12Cl2N2O3/c1-9(22-15(21)10-5-3-2-4-6-10)14(20)19-13-12(17)7-11(16)8-18-13/h2-9H,1H3,(H,18,19,20)/t9-/m1/s1. The molecule has 22 heavy (non-hydrogen) atoms. The van der Waals surface area contributed by atoms with Crippen molar-refractivity contribution in [3.63, 3.8) is 0 Å². The molecular weight excluding hydrogens is 327 g/mol. The van der Waals surface area contributed by atoms with E-state index in [1.54, 1.807) is 30.3 Å². The fourth-order valence-electron chi connectivity index (χ4n) is 1.58. The summed E-state index contributed by atoms with van der Waals surface area (Å²) in [4.78, 5) is 27.8. The lowest BCUT2D eigenvalue weighted by Gasteiger charge is -2.13. The van der Waals surface area contributed by atoms with Crippen LogP contribution in [0.15, 0.2) is 42.6 Å². The fourth-order valence-corrected chi connectivity index (χ4v) is 2.01. The maximum Gasteiger partial charge on any atom is 0.338 e. The predicted molar refractivity (Wildman–Crippen MR) is 84.2 cm³/mol. The second kappa shape index (κ2) is 7.24. The van der Waals surface area contributed by atoms with Gasteiger partial charge in [-0.15, -0.1) is 0 Å². The predicted octanol–water partition coefficient (Wildman–Crippen LogP) is 3.57. The molecule has 0 unspecified atom stereocenters. The highest BCUT2D eigenvalue weighted by atomic mass is 35.5. The number of nitrogens with one attached hydrogen (secondary N) is 1. The Morgan fingerprint density at radius 3 is 2.55 bits per heavy atom. The number of carbonyl (C=O) groups is 2. The lowest BCUT2D eigenvalue weighted by molar-refractivity contribution is -0.123. The largest absolute Gasteiger partial charge is 0.449 e. The SMILES string of the molecule is C[C@@H](OC(=O)c1ccccc1)C(=O)Nc1ncc(Cl)cc1Cl. The molecule has 0 fully saturated rings. The summed E-state index contributed by atoms with van der Waals surface area (Å²) in [5, 5.41) is 3.03. The van der Waals surface area contributed by atoms with Crippen LogP contribution in [-0.4, -0.2) is 23.0 Å². The Bertz CT molecular complexity index is 692. The lowest BCUT2D eigenvalue weighted by Crippen LogP contribution is -2.30. The van der Waals surface area contributed by atoms with Crippen LogP contribution in [0.2, 0.25) is 10.0 Å². The van der Waals surface area contributed by atoms with Crippen LogP contribution in [0, 0.1) is 0 Å². The van der Waals surface area contributed by atoms with E-state index < -0.39 is 18.0 Å². The van der Waals surface area contributed by atoms with Crippen LogP contribution >= 0.6 is 23.2 Å². The summed E-state index contributed by atoms with van der Waals surface area (Å²) in [6.45, 7) is 1.46. The third kappa shape index (κ3) is 4.19. The van der Waals surface area contributed by atoms with Gasteiger partial charge in [0.1, 0.15) is 0 Å². The molecule has 2 aromatic rings. The minimum atomic E-state index is -0.999. The number of hydrogen-bond acceptors (Lipinski definition) is 4. The number of rotatable bonds is 4. The van der Waals surface area contributed by atoms with Crippen LogP contribution in [0.1, 0.15) is 17.3 Å². The number of benzene rings is 1. The zero-order chi connectivity index (χ0) is 16.1. The topological polar surface area (TPSA) is 68.3 Å². The number of aromatic nitrogens is 1. The monoisotopic (exact) mass is 338 g/mol. The summed E-state index contributed by atoms with van der Waals surface area (Å²) in [6, 6.07) is 9.85. The first-order valence-electron chi connectivity index (χ1n) is 6.35. The quantitative estimate of drug-likeness (QED) is 0.865. The Kier molecular flexibility index (Phi) is 5.35. The molecule has 0 aliphatic carbocycles. The molecule has 0 bridgehead atoms. The molecule has 0 radical (unpaired) electrons. The third-order valence-electron chi connectivity index (χ3n) is 2.71. The van der Waals surface area contributed by atoms with Gasteiger partial charge in [-0.1, -0.05) is 41.4 Å². The van der Waals surface area contributed by atoms with E-state index >= 15 is 0 Å². The van der Waals surface area contributed by atoms with Crippen molar-refractivity contribution in [2.75, 3.05) is 5.32 Å². The number of amides is 1. The van der Waals surface area contributed by atoms with Crippen molar-refractivity contribution in [3.05, 3.63) is 58.2 Å². The Balaban J connectivity index is 1.99. The van der Waals surface area contributed by atoms with Crippen LogP contribution in [0.4, 0.5) is 5.82 Å². The van der Waals surface area contributed by atoms with E-state index in [0.29, 0.717) is 10.6 Å². The molecule has 1 atom stereocenters. The Hall–Kier alpha value is -2.11. The smallest absolute Gasteiger partial charge is 0.338 e. The molecule has 0 spiro atoms. The van der Waals surface area contributed by atoms with Crippen molar-refractivity contribution in [2.45, 2.75) is 13.0 Å². The van der Waals surface area contributed by atoms with Gasteiger partial charge in [-0.25, -0.2) is 9.78 Å². The molecule has 1 aromatic carbocycles. The number of hydrogen-bond donors (Lipinski definition) is 1. The highest BCUT2D eigenvalue weighted by molar-refractivity contribution is 6.36. The first-order valence-corrected chi connectivity index (χ1v) is 7.11. The number of pyridine rings is 1. The van der Waals surface area contributed by atoms with E-state index in [0.717, 1.165) is 0 Å². The highest BCUT2D eigenvalue weighted by Gasteiger charge is 2.20. The molecule has 114 valence electrons. The Morgan fingerprint density at radius 1 is 1.23 bits per heavy atom. The van der Waals surface area contributed by atoms with E-state index in [2.05, 4.69) is 10.3 Å². The average molecular weight is 339 g/mol. The van der Waals surface area contributed by atoms with E-state index in [1.807, 2.05) is 0 Å². The molecule has 1 aromatic heterocycles. The van der Waals surface area contributed by atoms with Gasteiger partial charge in [0.2, 0.25) is 0 Å². The zero-order valence-corrected chi connectivity index (χ0v) is 13.1. The number of anilines is 1. The minimum Gasteiger partial charge on any atom is -0.449 e. The molecule has 5 nitrogen and oxygen atoms in total. The van der Waals surface area contributed by atoms with Gasteiger partial charge in [-0.2, -0.15) is 0 Å². The molecule has 7 heteroatoms. The molecule has 1 N–H and O–H groups in total. The van der Waals surface area contributed by atoms with E-state index in [-0.39, 0.29) is 10.8 Å². The summed E-state index contributed by atoms with van der Waals surface area (Å²) >= 11 is 11.6. The van der Waals surface area contributed by atoms with Crippen molar-refractivity contribution >= 4 is 40.9 Å². The number of nitrogens with zero attached hydrogens (tertiary/aromatic N) is 1. The van der Waals surface area contributed by atoms with E-state index in [9.17, 15) is 9.59 Å². The van der Waals surface area contributed by atoms with Crippen LogP contribution < -0.4 is 5.32 Å². The van der Waals surface area contributed by atoms with Gasteiger partial charge in [0.15, 0.2) is 11.9 Å². The Labute approximate surface area is 137 Å². The number of ether oxygens (including phenoxy) is 1. The molecule has 2 rings (SSSR count). The van der Waals surface area contributed by atoms with Crippen molar-refractivity contribution < 1.29 is 14.3 Å². The molecule has 1 heterocycles. The van der Waals surface area contributed by atoms with Crippen LogP contribution in [0.3, 0.4) is 0 Å². The maximum atomic E-state index is 12.0. The first kappa shape index (κ1) is 16.3. The van der Waals surface area contributed by atoms with Gasteiger partial charge in [0.05, 0.1) is 15.6 Å². The van der Waals surface area contributed by atoms with Crippen LogP contribution in [0.25, 0.3) is 0 Å². The van der Waals surface area contributed by atoms with Gasteiger partial charge in [0.25, 0.3) is 5.91 Å². The third-order valence-corrected chi connectivity index (χ3v) is 3.21. The minimum absolute atomic E-state index is 0.152. The molecule has 0 aliphatic rings. The van der Waals surface area contributed by atoms with Crippen LogP contribution in [-0.2, 0) is 9.53 Å². The summed E-state index contributed by atoms with van der Waals surface area (Å²) in [7, 11) is 0. The molecule has 0 saturated heterocycles. The summed E-state index contributed by atoms with van der Waals surface area (Å²) in [5.74, 6) is -0.974. The van der Waals surface area contributed by atoms with Gasteiger partial charge < -0.3 is 10.1 Å². The van der Waals surface area contributed by atoms with Crippen LogP contribution in [0.5, 0.6) is 0 Å². The van der Waals surface area contributed by atoms with Gasteiger partial charge in [-0.3, -0.25) is 4.79 Å². The normalized spacial score (nSPS) is 11.6. The highest BCUT2D eigenvalue weighted by Crippen LogP contribution is 2.22. The van der Waals surface area contributed by atoms with Gasteiger partial charge in [0, 0.05) is 6.20 Å².